The summed E-state index contributed by atoms with van der Waals surface area (Å²) in [5.74, 6) is 0.276. The first-order valence-electron chi connectivity index (χ1n) is 5.06. The molecule has 0 N–H and O–H groups in total. The Kier molecular flexibility index (Phi) is 4.27. The van der Waals surface area contributed by atoms with Gasteiger partial charge in [-0.15, -0.1) is 0 Å². The third-order valence-electron chi connectivity index (χ3n) is 2.28. The summed E-state index contributed by atoms with van der Waals surface area (Å²) in [4.78, 5) is 8.17. The van der Waals surface area contributed by atoms with Crippen LogP contribution in [0.25, 0.3) is 0 Å². The van der Waals surface area contributed by atoms with Gasteiger partial charge in [-0.05, 0) is 19.4 Å². The van der Waals surface area contributed by atoms with E-state index in [1.807, 2.05) is 6.92 Å². The summed E-state index contributed by atoms with van der Waals surface area (Å²) in [6.07, 6.45) is 2.87. The molecule has 0 aliphatic rings. The fourth-order valence-electron chi connectivity index (χ4n) is 1.24. The molecule has 16 heavy (non-hydrogen) atoms. The van der Waals surface area contributed by atoms with Crippen LogP contribution >= 0.6 is 11.6 Å². The largest absolute Gasteiger partial charge is 0.236 e. The molecular formula is C10H15ClN2O2S. The Balaban J connectivity index is 3.14. The molecule has 0 fully saturated rings. The second kappa shape index (κ2) is 5.10. The zero-order valence-electron chi connectivity index (χ0n) is 9.57. The van der Waals surface area contributed by atoms with Crippen LogP contribution < -0.4 is 0 Å². The van der Waals surface area contributed by atoms with Crippen LogP contribution in [0.4, 0.5) is 0 Å². The topological polar surface area (TPSA) is 59.9 Å². The molecule has 0 saturated carbocycles. The first-order valence-corrected chi connectivity index (χ1v) is 7.40. The average Bonchev–Trinajstić information content (AvgIpc) is 2.14. The summed E-state index contributed by atoms with van der Waals surface area (Å²) in [6, 6.07) is 1.67. The molecule has 1 rings (SSSR count). The van der Waals surface area contributed by atoms with Crippen molar-refractivity contribution < 1.29 is 8.42 Å². The number of hydrogen-bond acceptors (Lipinski definition) is 4. The molecule has 4 nitrogen and oxygen atoms in total. The molecule has 0 amide bonds. The van der Waals surface area contributed by atoms with Crippen molar-refractivity contribution >= 4 is 21.4 Å². The van der Waals surface area contributed by atoms with Gasteiger partial charge >= 0.3 is 0 Å². The Morgan fingerprint density at radius 1 is 1.44 bits per heavy atom. The molecule has 0 aliphatic carbocycles. The lowest BCUT2D eigenvalue weighted by atomic mass is 10.2. The standard InChI is InChI=1S/C10H15ClN2O2S/c1-4-5-8-6-9(11)13-10(12-8)7(2)16(3,14)15/h6-7H,4-5H2,1-3H3. The number of aryl methyl sites for hydroxylation is 1. The van der Waals surface area contributed by atoms with Gasteiger partial charge in [-0.1, -0.05) is 24.9 Å². The second-order valence-electron chi connectivity index (χ2n) is 3.76. The van der Waals surface area contributed by atoms with Gasteiger partial charge in [0.1, 0.15) is 16.2 Å². The van der Waals surface area contributed by atoms with E-state index in [1.165, 1.54) is 6.26 Å². The summed E-state index contributed by atoms with van der Waals surface area (Å²) >= 11 is 5.83. The first kappa shape index (κ1) is 13.4. The van der Waals surface area contributed by atoms with E-state index in [0.717, 1.165) is 18.5 Å². The predicted octanol–water partition coefficient (Wildman–Crippen LogP) is 2.19. The van der Waals surface area contributed by atoms with Gasteiger partial charge in [0.25, 0.3) is 0 Å². The monoisotopic (exact) mass is 262 g/mol. The van der Waals surface area contributed by atoms with Crippen LogP contribution in [0.3, 0.4) is 0 Å². The van der Waals surface area contributed by atoms with Gasteiger partial charge in [0.15, 0.2) is 9.84 Å². The van der Waals surface area contributed by atoms with Crippen LogP contribution in [0.1, 0.15) is 37.0 Å². The van der Waals surface area contributed by atoms with Gasteiger partial charge in [0.05, 0.1) is 0 Å². The van der Waals surface area contributed by atoms with Gasteiger partial charge in [-0.2, -0.15) is 0 Å². The molecule has 0 bridgehead atoms. The van der Waals surface area contributed by atoms with Crippen LogP contribution in [-0.2, 0) is 16.3 Å². The van der Waals surface area contributed by atoms with Crippen molar-refractivity contribution in [3.8, 4) is 0 Å². The molecule has 0 radical (unpaired) electrons. The Bertz CT molecular complexity index is 474. The van der Waals surface area contributed by atoms with Crippen LogP contribution in [0.2, 0.25) is 5.15 Å². The maximum Gasteiger partial charge on any atom is 0.157 e. The van der Waals surface area contributed by atoms with Gasteiger partial charge in [0.2, 0.25) is 0 Å². The fourth-order valence-corrected chi connectivity index (χ4v) is 1.94. The van der Waals surface area contributed by atoms with E-state index < -0.39 is 15.1 Å². The van der Waals surface area contributed by atoms with E-state index in [0.29, 0.717) is 5.15 Å². The molecule has 0 saturated heterocycles. The van der Waals surface area contributed by atoms with Crippen molar-refractivity contribution in [2.45, 2.75) is 31.9 Å². The molecule has 1 unspecified atom stereocenters. The summed E-state index contributed by atoms with van der Waals surface area (Å²) < 4.78 is 22.8. The van der Waals surface area contributed by atoms with Gasteiger partial charge < -0.3 is 0 Å². The number of aromatic nitrogens is 2. The van der Waals surface area contributed by atoms with E-state index >= 15 is 0 Å². The highest BCUT2D eigenvalue weighted by molar-refractivity contribution is 7.90. The SMILES string of the molecule is CCCc1cc(Cl)nc(C(C)S(C)(=O)=O)n1. The Morgan fingerprint density at radius 2 is 2.06 bits per heavy atom. The van der Waals surface area contributed by atoms with Crippen molar-refractivity contribution in [1.82, 2.24) is 9.97 Å². The molecule has 0 aliphatic heterocycles. The van der Waals surface area contributed by atoms with Crippen molar-refractivity contribution in [2.24, 2.45) is 0 Å². The van der Waals surface area contributed by atoms with E-state index in [4.69, 9.17) is 11.6 Å². The maximum absolute atomic E-state index is 11.4. The van der Waals surface area contributed by atoms with Crippen LogP contribution in [0.5, 0.6) is 0 Å². The van der Waals surface area contributed by atoms with Crippen LogP contribution in [-0.4, -0.2) is 24.6 Å². The molecule has 90 valence electrons. The van der Waals surface area contributed by atoms with Crippen LogP contribution in [0.15, 0.2) is 6.07 Å². The number of rotatable bonds is 4. The lowest BCUT2D eigenvalue weighted by Gasteiger charge is -2.09. The van der Waals surface area contributed by atoms with Gasteiger partial charge in [-0.3, -0.25) is 0 Å². The quantitative estimate of drug-likeness (QED) is 0.781. The van der Waals surface area contributed by atoms with E-state index in [-0.39, 0.29) is 5.82 Å². The highest BCUT2D eigenvalue weighted by atomic mass is 35.5. The maximum atomic E-state index is 11.4. The minimum absolute atomic E-state index is 0.276. The average molecular weight is 263 g/mol. The molecule has 1 atom stereocenters. The number of halogens is 1. The van der Waals surface area contributed by atoms with E-state index in [1.54, 1.807) is 13.0 Å². The summed E-state index contributed by atoms with van der Waals surface area (Å²) in [5.41, 5.74) is 0.785. The number of sulfone groups is 1. The molecule has 6 heteroatoms. The van der Waals surface area contributed by atoms with Gasteiger partial charge in [-0.25, -0.2) is 18.4 Å². The lowest BCUT2D eigenvalue weighted by Crippen LogP contribution is -2.12. The fraction of sp³-hybridized carbons (Fsp3) is 0.600. The van der Waals surface area contributed by atoms with Crippen molar-refractivity contribution in [1.29, 1.82) is 0 Å². The summed E-state index contributed by atoms with van der Waals surface area (Å²) in [6.45, 7) is 3.59. The third kappa shape index (κ3) is 3.42. The normalized spacial score (nSPS) is 13.8. The summed E-state index contributed by atoms with van der Waals surface area (Å²) in [7, 11) is -3.19. The number of nitrogens with zero attached hydrogens (tertiary/aromatic N) is 2. The highest BCUT2D eigenvalue weighted by Crippen LogP contribution is 2.19. The molecule has 0 spiro atoms. The Labute approximate surface area is 101 Å². The zero-order chi connectivity index (χ0) is 12.3. The first-order chi connectivity index (χ1) is 7.34. The Morgan fingerprint density at radius 3 is 2.56 bits per heavy atom. The lowest BCUT2D eigenvalue weighted by molar-refractivity contribution is 0.588. The molecule has 1 aromatic heterocycles. The van der Waals surface area contributed by atoms with Crippen molar-refractivity contribution in [3.05, 3.63) is 22.7 Å². The van der Waals surface area contributed by atoms with E-state index in [9.17, 15) is 8.42 Å². The Hall–Kier alpha value is -0.680. The minimum atomic E-state index is -3.19. The molecule has 1 aromatic rings. The highest BCUT2D eigenvalue weighted by Gasteiger charge is 2.21. The molecular weight excluding hydrogens is 248 g/mol. The van der Waals surface area contributed by atoms with Crippen molar-refractivity contribution in [3.63, 3.8) is 0 Å². The smallest absolute Gasteiger partial charge is 0.157 e. The minimum Gasteiger partial charge on any atom is -0.236 e. The second-order valence-corrected chi connectivity index (χ2v) is 6.52. The molecule has 1 heterocycles. The zero-order valence-corrected chi connectivity index (χ0v) is 11.1. The predicted molar refractivity (Wildman–Crippen MR) is 64.3 cm³/mol. The number of hydrogen-bond donors (Lipinski definition) is 0. The molecule has 0 aromatic carbocycles. The van der Waals surface area contributed by atoms with Crippen molar-refractivity contribution in [2.75, 3.05) is 6.26 Å². The summed E-state index contributed by atoms with van der Waals surface area (Å²) in [5, 5.41) is -0.425. The third-order valence-corrected chi connectivity index (χ3v) is 3.97. The van der Waals surface area contributed by atoms with Crippen LogP contribution in [0, 0.1) is 0 Å². The van der Waals surface area contributed by atoms with Gasteiger partial charge in [0, 0.05) is 11.9 Å². The van der Waals surface area contributed by atoms with E-state index in [2.05, 4.69) is 9.97 Å².